The van der Waals surface area contributed by atoms with Gasteiger partial charge >= 0.3 is 0 Å². The third kappa shape index (κ3) is 3.77. The molecule has 9 heteroatoms. The Kier molecular flexibility index (Phi) is 4.52. The van der Waals surface area contributed by atoms with Gasteiger partial charge in [0.1, 0.15) is 12.2 Å². The maximum atomic E-state index is 11.8. The summed E-state index contributed by atoms with van der Waals surface area (Å²) in [7, 11) is 0. The predicted molar refractivity (Wildman–Crippen MR) is 83.1 cm³/mol. The van der Waals surface area contributed by atoms with Crippen molar-refractivity contribution < 1.29 is 9.59 Å². The summed E-state index contributed by atoms with van der Waals surface area (Å²) in [5.74, 6) is -0.585. The molecule has 2 heterocycles. The van der Waals surface area contributed by atoms with Gasteiger partial charge in [0.2, 0.25) is 5.82 Å². The van der Waals surface area contributed by atoms with Gasteiger partial charge in [0.05, 0.1) is 0 Å². The molecule has 0 aliphatic heterocycles. The molecule has 0 spiro atoms. The fraction of sp³-hybridized carbons (Fsp3) is 0.0667. The Hall–Kier alpha value is -3.62. The highest BCUT2D eigenvalue weighted by atomic mass is 16.2. The van der Waals surface area contributed by atoms with Gasteiger partial charge in [-0.25, -0.2) is 0 Å². The van der Waals surface area contributed by atoms with Crippen molar-refractivity contribution in [2.45, 2.75) is 6.54 Å². The van der Waals surface area contributed by atoms with E-state index in [4.69, 9.17) is 0 Å². The molecule has 9 nitrogen and oxygen atoms in total. The summed E-state index contributed by atoms with van der Waals surface area (Å²) in [6, 6.07) is 14.2. The van der Waals surface area contributed by atoms with Gasteiger partial charge in [-0.3, -0.25) is 25.4 Å². The minimum Gasteiger partial charge on any atom is -0.271 e. The van der Waals surface area contributed by atoms with Crippen LogP contribution in [-0.4, -0.2) is 37.0 Å². The van der Waals surface area contributed by atoms with Crippen LogP contribution in [0.2, 0.25) is 0 Å². The molecular weight excluding hydrogens is 310 g/mol. The molecule has 3 aromatic rings. The van der Waals surface area contributed by atoms with Crippen LogP contribution in [0.5, 0.6) is 0 Å². The monoisotopic (exact) mass is 323 g/mol. The molecule has 0 atom stereocenters. The van der Waals surface area contributed by atoms with E-state index in [1.807, 2.05) is 30.3 Å². The smallest absolute Gasteiger partial charge is 0.271 e. The second kappa shape index (κ2) is 7.09. The van der Waals surface area contributed by atoms with E-state index in [-0.39, 0.29) is 12.2 Å². The zero-order valence-electron chi connectivity index (χ0n) is 12.5. The second-order valence-corrected chi connectivity index (χ2v) is 4.73. The molecule has 1 aromatic carbocycles. The van der Waals surface area contributed by atoms with Crippen LogP contribution >= 0.6 is 0 Å². The lowest BCUT2D eigenvalue weighted by Crippen LogP contribution is -2.43. The molecule has 0 saturated heterocycles. The first-order valence-electron chi connectivity index (χ1n) is 7.06. The number of nitrogens with zero attached hydrogens (tertiary/aromatic N) is 5. The average Bonchev–Trinajstić information content (AvgIpc) is 3.09. The largest absolute Gasteiger partial charge is 0.288 e. The second-order valence-electron chi connectivity index (χ2n) is 4.73. The Morgan fingerprint density at radius 2 is 1.79 bits per heavy atom. The van der Waals surface area contributed by atoms with E-state index in [1.165, 1.54) is 12.3 Å². The molecule has 0 radical (unpaired) electrons. The van der Waals surface area contributed by atoms with Crippen LogP contribution in [0.3, 0.4) is 0 Å². The standard InChI is InChI=1S/C15H13N7O2/c23-13(17-19-15(24)12-8-4-5-9-16-12)10-22-20-14(18-21-22)11-6-2-1-3-7-11/h1-9H,10H2,(H,17,23)(H,19,24). The molecule has 120 valence electrons. The average molecular weight is 323 g/mol. The van der Waals surface area contributed by atoms with Gasteiger partial charge in [-0.2, -0.15) is 4.80 Å². The van der Waals surface area contributed by atoms with Crippen molar-refractivity contribution >= 4 is 11.8 Å². The minimum absolute atomic E-state index is 0.178. The lowest BCUT2D eigenvalue weighted by atomic mass is 10.2. The molecule has 0 bridgehead atoms. The minimum atomic E-state index is -0.513. The van der Waals surface area contributed by atoms with Crippen molar-refractivity contribution in [3.8, 4) is 11.4 Å². The van der Waals surface area contributed by atoms with Gasteiger partial charge in [-0.1, -0.05) is 36.4 Å². The molecule has 0 aliphatic rings. The van der Waals surface area contributed by atoms with Crippen LogP contribution in [0.1, 0.15) is 10.5 Å². The highest BCUT2D eigenvalue weighted by Gasteiger charge is 2.11. The Balaban J connectivity index is 1.54. The van der Waals surface area contributed by atoms with Crippen molar-refractivity contribution in [2.75, 3.05) is 0 Å². The van der Waals surface area contributed by atoms with Crippen LogP contribution in [-0.2, 0) is 11.3 Å². The molecule has 2 N–H and O–H groups in total. The Bertz CT molecular complexity index is 833. The summed E-state index contributed by atoms with van der Waals surface area (Å²) in [5, 5.41) is 11.8. The maximum absolute atomic E-state index is 11.8. The number of carbonyl (C=O) groups is 2. The fourth-order valence-corrected chi connectivity index (χ4v) is 1.87. The Labute approximate surface area is 136 Å². The zero-order valence-corrected chi connectivity index (χ0v) is 12.5. The summed E-state index contributed by atoms with van der Waals surface area (Å²) in [6.45, 7) is -0.178. The number of hydrogen-bond donors (Lipinski definition) is 2. The van der Waals surface area contributed by atoms with Crippen molar-refractivity contribution in [1.29, 1.82) is 0 Å². The van der Waals surface area contributed by atoms with Crippen molar-refractivity contribution in [2.24, 2.45) is 0 Å². The predicted octanol–water partition coefficient (Wildman–Crippen LogP) is 0.196. The molecule has 2 amide bonds. The summed E-state index contributed by atoms with van der Waals surface area (Å²) in [4.78, 5) is 28.6. The topological polar surface area (TPSA) is 115 Å². The van der Waals surface area contributed by atoms with Gasteiger partial charge in [0.15, 0.2) is 0 Å². The quantitative estimate of drug-likeness (QED) is 0.663. The maximum Gasteiger partial charge on any atom is 0.288 e. The van der Waals surface area contributed by atoms with E-state index in [9.17, 15) is 9.59 Å². The van der Waals surface area contributed by atoms with E-state index < -0.39 is 11.8 Å². The third-order valence-corrected chi connectivity index (χ3v) is 2.98. The third-order valence-electron chi connectivity index (χ3n) is 2.98. The summed E-state index contributed by atoms with van der Waals surface area (Å²) >= 11 is 0. The first-order valence-corrected chi connectivity index (χ1v) is 7.06. The SMILES string of the molecule is O=C(Cn1nnc(-c2ccccc2)n1)NNC(=O)c1ccccn1. The normalized spacial score (nSPS) is 10.2. The fourth-order valence-electron chi connectivity index (χ4n) is 1.87. The molecular formula is C15H13N7O2. The van der Waals surface area contributed by atoms with Gasteiger partial charge in [-0.05, 0) is 17.3 Å². The van der Waals surface area contributed by atoms with Gasteiger partial charge in [-0.15, -0.1) is 10.2 Å². The Morgan fingerprint density at radius 3 is 2.54 bits per heavy atom. The highest BCUT2D eigenvalue weighted by molar-refractivity contribution is 5.93. The van der Waals surface area contributed by atoms with Crippen LogP contribution in [0.15, 0.2) is 54.7 Å². The van der Waals surface area contributed by atoms with Crippen molar-refractivity contribution in [3.63, 3.8) is 0 Å². The molecule has 0 fully saturated rings. The van der Waals surface area contributed by atoms with E-state index in [0.29, 0.717) is 5.82 Å². The molecule has 2 aromatic heterocycles. The highest BCUT2D eigenvalue weighted by Crippen LogP contribution is 2.11. The van der Waals surface area contributed by atoms with Gasteiger partial charge in [0, 0.05) is 11.8 Å². The number of benzene rings is 1. The van der Waals surface area contributed by atoms with E-state index >= 15 is 0 Å². The number of carbonyl (C=O) groups excluding carboxylic acids is 2. The van der Waals surface area contributed by atoms with Gasteiger partial charge < -0.3 is 0 Å². The van der Waals surface area contributed by atoms with E-state index in [0.717, 1.165) is 10.4 Å². The number of hydrogen-bond acceptors (Lipinski definition) is 6. The molecule has 0 aliphatic carbocycles. The Morgan fingerprint density at radius 1 is 1.00 bits per heavy atom. The van der Waals surface area contributed by atoms with Crippen LogP contribution in [0.25, 0.3) is 11.4 Å². The number of rotatable bonds is 4. The van der Waals surface area contributed by atoms with Crippen molar-refractivity contribution in [1.82, 2.24) is 36.0 Å². The lowest BCUT2D eigenvalue weighted by Gasteiger charge is -2.05. The first-order chi connectivity index (χ1) is 11.7. The number of aromatic nitrogens is 5. The molecule has 3 rings (SSSR count). The number of amides is 2. The number of tetrazole rings is 1. The molecule has 0 saturated carbocycles. The molecule has 0 unspecified atom stereocenters. The first kappa shape index (κ1) is 15.3. The van der Waals surface area contributed by atoms with Crippen molar-refractivity contribution in [3.05, 3.63) is 60.4 Å². The van der Waals surface area contributed by atoms with E-state index in [2.05, 4.69) is 31.2 Å². The van der Waals surface area contributed by atoms with Crippen LogP contribution in [0, 0.1) is 0 Å². The number of hydrazine groups is 1. The van der Waals surface area contributed by atoms with Gasteiger partial charge in [0.25, 0.3) is 11.8 Å². The summed E-state index contributed by atoms with van der Waals surface area (Å²) in [6.07, 6.45) is 1.49. The number of nitrogens with one attached hydrogen (secondary N) is 2. The molecule has 24 heavy (non-hydrogen) atoms. The summed E-state index contributed by atoms with van der Waals surface area (Å²) < 4.78 is 0. The van der Waals surface area contributed by atoms with Crippen LogP contribution in [0.4, 0.5) is 0 Å². The van der Waals surface area contributed by atoms with Crippen LogP contribution < -0.4 is 10.9 Å². The lowest BCUT2D eigenvalue weighted by molar-refractivity contribution is -0.122. The number of pyridine rings is 1. The van der Waals surface area contributed by atoms with E-state index in [1.54, 1.807) is 12.1 Å². The summed E-state index contributed by atoms with van der Waals surface area (Å²) in [5.41, 5.74) is 5.53. The zero-order chi connectivity index (χ0) is 16.8.